The Hall–Kier alpha value is -2.95. The first-order valence-corrected chi connectivity index (χ1v) is 8.07. The maximum Gasteiger partial charge on any atom is 0.408 e. The van der Waals surface area contributed by atoms with E-state index in [0.717, 1.165) is 23.1 Å². The van der Waals surface area contributed by atoms with Gasteiger partial charge < -0.3 is 10.1 Å². The molecule has 0 spiro atoms. The van der Waals surface area contributed by atoms with Gasteiger partial charge in [0.05, 0.1) is 0 Å². The van der Waals surface area contributed by atoms with Crippen LogP contribution in [-0.2, 0) is 22.4 Å². The second-order valence-electron chi connectivity index (χ2n) is 5.86. The van der Waals surface area contributed by atoms with Gasteiger partial charge in [0.15, 0.2) is 0 Å². The van der Waals surface area contributed by atoms with Gasteiger partial charge in [-0.05, 0) is 28.7 Å². The van der Waals surface area contributed by atoms with Gasteiger partial charge in [-0.2, -0.15) is 4.39 Å². The summed E-state index contributed by atoms with van der Waals surface area (Å²) in [5.74, 6) is 0. The van der Waals surface area contributed by atoms with Crippen molar-refractivity contribution in [2.45, 2.75) is 18.9 Å². The number of benzene rings is 2. The first-order valence-electron chi connectivity index (χ1n) is 8.07. The molecule has 0 radical (unpaired) electrons. The van der Waals surface area contributed by atoms with Gasteiger partial charge in [0, 0.05) is 6.42 Å². The summed E-state index contributed by atoms with van der Waals surface area (Å²) < 4.78 is 18.4. The Morgan fingerprint density at radius 2 is 1.80 bits per heavy atom. The van der Waals surface area contributed by atoms with Gasteiger partial charge in [0.2, 0.25) is 0 Å². The van der Waals surface area contributed by atoms with Crippen LogP contribution in [0.25, 0.3) is 5.57 Å². The molecule has 1 amide bonds. The topological polar surface area (TPSA) is 55.4 Å². The molecule has 2 aromatic rings. The number of carbonyl (C=O) groups is 2. The van der Waals surface area contributed by atoms with Crippen molar-refractivity contribution in [3.05, 3.63) is 77.4 Å². The van der Waals surface area contributed by atoms with Crippen LogP contribution in [0, 0.1) is 0 Å². The fraction of sp³-hybridized carbons (Fsp3) is 0.200. The zero-order chi connectivity index (χ0) is 17.6. The third-order valence-corrected chi connectivity index (χ3v) is 4.14. The number of hydrogen-bond acceptors (Lipinski definition) is 3. The predicted molar refractivity (Wildman–Crippen MR) is 92.7 cm³/mol. The maximum absolute atomic E-state index is 13.2. The number of fused-ring (bicyclic) bond motifs is 1. The largest absolute Gasteiger partial charge is 0.445 e. The van der Waals surface area contributed by atoms with Crippen molar-refractivity contribution in [1.82, 2.24) is 5.32 Å². The van der Waals surface area contributed by atoms with E-state index in [1.165, 1.54) is 5.56 Å². The van der Waals surface area contributed by atoms with Crippen molar-refractivity contribution in [3.63, 3.8) is 0 Å². The number of alkyl carbamates (subject to hydrolysis) is 1. The van der Waals surface area contributed by atoms with Crippen molar-refractivity contribution in [2.75, 3.05) is 6.61 Å². The molecule has 4 nitrogen and oxygen atoms in total. The highest BCUT2D eigenvalue weighted by atomic mass is 19.1. The third kappa shape index (κ3) is 4.32. The summed E-state index contributed by atoms with van der Waals surface area (Å²) in [5, 5.41) is 2.30. The summed E-state index contributed by atoms with van der Waals surface area (Å²) in [6, 6.07) is 14.0. The second kappa shape index (κ2) is 7.75. The molecule has 1 aliphatic rings. The minimum atomic E-state index is -1.59. The van der Waals surface area contributed by atoms with Crippen molar-refractivity contribution in [3.8, 4) is 0 Å². The fourth-order valence-electron chi connectivity index (χ4n) is 2.86. The molecule has 5 heteroatoms. The normalized spacial score (nSPS) is 13.6. The Balaban J connectivity index is 1.55. The lowest BCUT2D eigenvalue weighted by Gasteiger charge is -2.14. The summed E-state index contributed by atoms with van der Waals surface area (Å²) in [6.45, 7) is 0.0847. The zero-order valence-corrected chi connectivity index (χ0v) is 13.6. The Kier molecular flexibility index (Phi) is 5.23. The highest BCUT2D eigenvalue weighted by molar-refractivity contribution is 5.81. The van der Waals surface area contributed by atoms with Crippen molar-refractivity contribution >= 4 is 17.7 Å². The lowest BCUT2D eigenvalue weighted by molar-refractivity contribution is -0.131. The SMILES string of the molecule is O=C(N[C@@H](Cc1ccccc1)C(=O)F)OCC1=CCc2ccccc21. The molecule has 0 fully saturated rings. The van der Waals surface area contributed by atoms with Crippen LogP contribution in [0.15, 0.2) is 60.7 Å². The smallest absolute Gasteiger partial charge is 0.408 e. The van der Waals surface area contributed by atoms with E-state index >= 15 is 0 Å². The number of carbonyl (C=O) groups excluding carboxylic acids is 2. The average Bonchev–Trinajstić information content (AvgIpc) is 3.03. The molecule has 1 N–H and O–H groups in total. The van der Waals surface area contributed by atoms with Crippen LogP contribution >= 0.6 is 0 Å². The van der Waals surface area contributed by atoms with E-state index in [1.807, 2.05) is 36.4 Å². The van der Waals surface area contributed by atoms with E-state index in [1.54, 1.807) is 24.3 Å². The molecule has 0 heterocycles. The molecular weight excluding hydrogens is 321 g/mol. The lowest BCUT2D eigenvalue weighted by atomic mass is 10.1. The molecule has 1 atom stereocenters. The zero-order valence-electron chi connectivity index (χ0n) is 13.6. The molecular formula is C20H18FNO3. The number of amides is 1. The van der Waals surface area contributed by atoms with Crippen LogP contribution in [0.3, 0.4) is 0 Å². The number of hydrogen-bond donors (Lipinski definition) is 1. The lowest BCUT2D eigenvalue weighted by Crippen LogP contribution is -2.41. The maximum atomic E-state index is 13.2. The van der Waals surface area contributed by atoms with E-state index < -0.39 is 18.2 Å². The van der Waals surface area contributed by atoms with Crippen LogP contribution in [0.5, 0.6) is 0 Å². The Morgan fingerprint density at radius 3 is 2.56 bits per heavy atom. The van der Waals surface area contributed by atoms with Crippen molar-refractivity contribution < 1.29 is 18.7 Å². The quantitative estimate of drug-likeness (QED) is 0.820. The van der Waals surface area contributed by atoms with Gasteiger partial charge in [-0.25, -0.2) is 4.79 Å². The summed E-state index contributed by atoms with van der Waals surface area (Å²) in [5.41, 5.74) is 3.91. The van der Waals surface area contributed by atoms with Crippen molar-refractivity contribution in [1.29, 1.82) is 0 Å². The van der Waals surface area contributed by atoms with E-state index in [-0.39, 0.29) is 13.0 Å². The van der Waals surface area contributed by atoms with Gasteiger partial charge in [-0.3, -0.25) is 4.79 Å². The van der Waals surface area contributed by atoms with E-state index in [0.29, 0.717) is 0 Å². The molecule has 1 aliphatic carbocycles. The molecule has 0 saturated heterocycles. The first kappa shape index (κ1) is 16.9. The summed E-state index contributed by atoms with van der Waals surface area (Å²) in [7, 11) is 0. The number of rotatable bonds is 6. The Morgan fingerprint density at radius 1 is 1.08 bits per heavy atom. The van der Waals surface area contributed by atoms with Gasteiger partial charge in [0.1, 0.15) is 12.6 Å². The molecule has 0 aliphatic heterocycles. The highest BCUT2D eigenvalue weighted by Gasteiger charge is 2.22. The summed E-state index contributed by atoms with van der Waals surface area (Å²) in [6.07, 6.45) is 2.07. The van der Waals surface area contributed by atoms with E-state index in [4.69, 9.17) is 4.74 Å². The minimum Gasteiger partial charge on any atom is -0.445 e. The number of allylic oxidation sites excluding steroid dienone is 1. The van der Waals surface area contributed by atoms with Crippen LogP contribution in [-0.4, -0.2) is 24.8 Å². The number of nitrogens with one attached hydrogen (secondary N) is 1. The summed E-state index contributed by atoms with van der Waals surface area (Å²) >= 11 is 0. The molecule has 2 aromatic carbocycles. The van der Waals surface area contributed by atoms with Crippen molar-refractivity contribution in [2.24, 2.45) is 0 Å². The minimum absolute atomic E-state index is 0.0802. The third-order valence-electron chi connectivity index (χ3n) is 4.14. The van der Waals surface area contributed by atoms with Gasteiger partial charge >= 0.3 is 12.1 Å². The number of halogens is 1. The molecule has 25 heavy (non-hydrogen) atoms. The fourth-order valence-corrected chi connectivity index (χ4v) is 2.86. The molecule has 0 unspecified atom stereocenters. The molecule has 0 aromatic heterocycles. The Labute approximate surface area is 145 Å². The molecule has 3 rings (SSSR count). The molecule has 128 valence electrons. The van der Waals surface area contributed by atoms with E-state index in [2.05, 4.69) is 5.32 Å². The van der Waals surface area contributed by atoms with Crippen LogP contribution in [0.2, 0.25) is 0 Å². The molecule has 0 saturated carbocycles. The van der Waals surface area contributed by atoms with Crippen LogP contribution < -0.4 is 5.32 Å². The molecule has 0 bridgehead atoms. The Bertz CT molecular complexity index is 802. The average molecular weight is 339 g/mol. The van der Waals surface area contributed by atoms with Crippen LogP contribution in [0.1, 0.15) is 16.7 Å². The van der Waals surface area contributed by atoms with Gasteiger partial charge in [-0.15, -0.1) is 0 Å². The number of ether oxygens (including phenoxy) is 1. The van der Waals surface area contributed by atoms with Gasteiger partial charge in [0.25, 0.3) is 0 Å². The highest BCUT2D eigenvalue weighted by Crippen LogP contribution is 2.27. The van der Waals surface area contributed by atoms with Crippen LogP contribution in [0.4, 0.5) is 9.18 Å². The monoisotopic (exact) mass is 339 g/mol. The summed E-state index contributed by atoms with van der Waals surface area (Å²) in [4.78, 5) is 23.1. The standard InChI is InChI=1S/C20H18FNO3/c21-19(23)18(12-14-6-2-1-3-7-14)22-20(24)25-13-16-11-10-15-8-4-5-9-17(15)16/h1-9,11,18H,10,12-13H2,(H,22,24)/t18-/m0/s1. The predicted octanol–water partition coefficient (Wildman–Crippen LogP) is 3.46. The van der Waals surface area contributed by atoms with Gasteiger partial charge in [-0.1, -0.05) is 60.7 Å². The van der Waals surface area contributed by atoms with E-state index in [9.17, 15) is 14.0 Å². The first-order chi connectivity index (χ1) is 12.1. The second-order valence-corrected chi connectivity index (χ2v) is 5.86.